The number of rotatable bonds is 7. The van der Waals surface area contributed by atoms with Crippen molar-refractivity contribution in [2.24, 2.45) is 0 Å². The molecule has 0 spiro atoms. The lowest BCUT2D eigenvalue weighted by atomic mass is 9.99. The third-order valence-electron chi connectivity index (χ3n) is 3.31. The highest BCUT2D eigenvalue weighted by atomic mass is 79.9. The molecule has 0 saturated heterocycles. The predicted octanol–water partition coefficient (Wildman–Crippen LogP) is 4.00. The molecule has 1 atom stereocenters. The minimum atomic E-state index is 0.471. The summed E-state index contributed by atoms with van der Waals surface area (Å²) in [5.74, 6) is 0. The predicted molar refractivity (Wildman–Crippen MR) is 87.9 cm³/mol. The van der Waals surface area contributed by atoms with Crippen LogP contribution in [-0.2, 0) is 12.8 Å². The molecule has 3 heteroatoms. The Labute approximate surface area is 129 Å². The van der Waals surface area contributed by atoms with Gasteiger partial charge >= 0.3 is 0 Å². The standard InChI is InChI=1S/C17H21BrN2/c1-2-9-20-17(13-15-7-10-19-11-8-15)12-14-3-5-16(18)6-4-14/h3-8,10-11,17,20H,2,9,12-13H2,1H3. The number of hydrogen-bond donors (Lipinski definition) is 1. The molecule has 106 valence electrons. The van der Waals surface area contributed by atoms with Crippen LogP contribution in [0.15, 0.2) is 53.3 Å². The number of nitrogens with one attached hydrogen (secondary N) is 1. The Morgan fingerprint density at radius 1 is 1.00 bits per heavy atom. The van der Waals surface area contributed by atoms with Gasteiger partial charge in [0.15, 0.2) is 0 Å². The summed E-state index contributed by atoms with van der Waals surface area (Å²) in [4.78, 5) is 4.08. The van der Waals surface area contributed by atoms with Crippen LogP contribution >= 0.6 is 15.9 Å². The van der Waals surface area contributed by atoms with Gasteiger partial charge in [-0.3, -0.25) is 4.98 Å². The van der Waals surface area contributed by atoms with Gasteiger partial charge < -0.3 is 5.32 Å². The molecular formula is C17H21BrN2. The van der Waals surface area contributed by atoms with Crippen molar-refractivity contribution in [2.45, 2.75) is 32.2 Å². The molecular weight excluding hydrogens is 312 g/mol. The van der Waals surface area contributed by atoms with Crippen LogP contribution in [0.25, 0.3) is 0 Å². The number of aromatic nitrogens is 1. The van der Waals surface area contributed by atoms with Gasteiger partial charge in [0.25, 0.3) is 0 Å². The molecule has 2 rings (SSSR count). The molecule has 0 aliphatic heterocycles. The normalized spacial score (nSPS) is 12.3. The van der Waals surface area contributed by atoms with Crippen LogP contribution < -0.4 is 5.32 Å². The van der Waals surface area contributed by atoms with Gasteiger partial charge in [0.2, 0.25) is 0 Å². The van der Waals surface area contributed by atoms with E-state index >= 15 is 0 Å². The van der Waals surface area contributed by atoms with Crippen LogP contribution in [0.3, 0.4) is 0 Å². The smallest absolute Gasteiger partial charge is 0.0270 e. The Kier molecular flexibility index (Phi) is 6.22. The highest BCUT2D eigenvalue weighted by Gasteiger charge is 2.10. The third-order valence-corrected chi connectivity index (χ3v) is 3.84. The lowest BCUT2D eigenvalue weighted by Crippen LogP contribution is -2.33. The fourth-order valence-electron chi connectivity index (χ4n) is 2.27. The van der Waals surface area contributed by atoms with Gasteiger partial charge in [0, 0.05) is 22.9 Å². The van der Waals surface area contributed by atoms with E-state index in [4.69, 9.17) is 0 Å². The second-order valence-corrected chi connectivity index (χ2v) is 5.96. The maximum absolute atomic E-state index is 4.08. The van der Waals surface area contributed by atoms with Gasteiger partial charge in [-0.05, 0) is 61.2 Å². The Hall–Kier alpha value is -1.19. The minimum Gasteiger partial charge on any atom is -0.313 e. The lowest BCUT2D eigenvalue weighted by Gasteiger charge is -2.19. The van der Waals surface area contributed by atoms with Gasteiger partial charge in [0.05, 0.1) is 0 Å². The average molecular weight is 333 g/mol. The first kappa shape index (κ1) is 15.2. The largest absolute Gasteiger partial charge is 0.313 e. The average Bonchev–Trinajstić information content (AvgIpc) is 2.48. The van der Waals surface area contributed by atoms with E-state index in [-0.39, 0.29) is 0 Å². The van der Waals surface area contributed by atoms with Gasteiger partial charge in [0.1, 0.15) is 0 Å². The summed E-state index contributed by atoms with van der Waals surface area (Å²) in [7, 11) is 0. The van der Waals surface area contributed by atoms with Crippen molar-refractivity contribution in [1.29, 1.82) is 0 Å². The summed E-state index contributed by atoms with van der Waals surface area (Å²) in [5, 5.41) is 3.65. The Morgan fingerprint density at radius 2 is 1.60 bits per heavy atom. The van der Waals surface area contributed by atoms with E-state index in [0.29, 0.717) is 6.04 Å². The molecule has 2 nitrogen and oxygen atoms in total. The fraction of sp³-hybridized carbons (Fsp3) is 0.353. The van der Waals surface area contributed by atoms with Crippen molar-refractivity contribution >= 4 is 15.9 Å². The van der Waals surface area contributed by atoms with E-state index in [0.717, 1.165) is 30.3 Å². The fourth-order valence-corrected chi connectivity index (χ4v) is 2.54. The summed E-state index contributed by atoms with van der Waals surface area (Å²) >= 11 is 3.48. The molecule has 1 aromatic heterocycles. The van der Waals surface area contributed by atoms with E-state index < -0.39 is 0 Å². The third kappa shape index (κ3) is 5.06. The van der Waals surface area contributed by atoms with E-state index in [1.54, 1.807) is 0 Å². The van der Waals surface area contributed by atoms with Crippen molar-refractivity contribution in [3.63, 3.8) is 0 Å². The van der Waals surface area contributed by atoms with E-state index in [2.05, 4.69) is 69.6 Å². The van der Waals surface area contributed by atoms with Crippen molar-refractivity contribution in [3.8, 4) is 0 Å². The monoisotopic (exact) mass is 332 g/mol. The van der Waals surface area contributed by atoms with Crippen LogP contribution in [0.4, 0.5) is 0 Å². The summed E-state index contributed by atoms with van der Waals surface area (Å²) < 4.78 is 1.13. The van der Waals surface area contributed by atoms with Crippen molar-refractivity contribution in [2.75, 3.05) is 6.54 Å². The molecule has 0 aliphatic carbocycles. The summed E-state index contributed by atoms with van der Waals surface area (Å²) in [6.45, 7) is 3.27. The zero-order valence-electron chi connectivity index (χ0n) is 11.8. The molecule has 0 saturated carbocycles. The Morgan fingerprint density at radius 3 is 2.20 bits per heavy atom. The van der Waals surface area contributed by atoms with Crippen LogP contribution in [0, 0.1) is 0 Å². The highest BCUT2D eigenvalue weighted by Crippen LogP contribution is 2.13. The molecule has 0 aliphatic rings. The summed E-state index contributed by atoms with van der Waals surface area (Å²) in [5.41, 5.74) is 2.71. The quantitative estimate of drug-likeness (QED) is 0.828. The van der Waals surface area contributed by atoms with Crippen LogP contribution in [0.1, 0.15) is 24.5 Å². The van der Waals surface area contributed by atoms with Gasteiger partial charge in [-0.15, -0.1) is 0 Å². The molecule has 0 amide bonds. The summed E-state index contributed by atoms with van der Waals surface area (Å²) in [6, 6.07) is 13.3. The first-order valence-electron chi connectivity index (χ1n) is 7.14. The van der Waals surface area contributed by atoms with Crippen molar-refractivity contribution < 1.29 is 0 Å². The molecule has 2 aromatic rings. The maximum Gasteiger partial charge on any atom is 0.0270 e. The molecule has 1 unspecified atom stereocenters. The second kappa shape index (κ2) is 8.18. The van der Waals surface area contributed by atoms with E-state index in [9.17, 15) is 0 Å². The molecule has 0 radical (unpaired) electrons. The van der Waals surface area contributed by atoms with E-state index in [1.807, 2.05) is 12.4 Å². The maximum atomic E-state index is 4.08. The number of halogens is 1. The Balaban J connectivity index is 2.01. The minimum absolute atomic E-state index is 0.471. The van der Waals surface area contributed by atoms with Gasteiger partial charge in [-0.25, -0.2) is 0 Å². The molecule has 1 aromatic carbocycles. The van der Waals surface area contributed by atoms with Crippen LogP contribution in [0.5, 0.6) is 0 Å². The van der Waals surface area contributed by atoms with Gasteiger partial charge in [-0.2, -0.15) is 0 Å². The molecule has 0 bridgehead atoms. The molecule has 0 fully saturated rings. The highest BCUT2D eigenvalue weighted by molar-refractivity contribution is 9.10. The van der Waals surface area contributed by atoms with Crippen LogP contribution in [-0.4, -0.2) is 17.6 Å². The first-order valence-corrected chi connectivity index (χ1v) is 7.94. The van der Waals surface area contributed by atoms with Crippen molar-refractivity contribution in [3.05, 3.63) is 64.4 Å². The number of pyridine rings is 1. The molecule has 1 N–H and O–H groups in total. The number of hydrogen-bond acceptors (Lipinski definition) is 2. The lowest BCUT2D eigenvalue weighted by molar-refractivity contribution is 0.504. The molecule has 1 heterocycles. The van der Waals surface area contributed by atoms with Crippen molar-refractivity contribution in [1.82, 2.24) is 10.3 Å². The topological polar surface area (TPSA) is 24.9 Å². The van der Waals surface area contributed by atoms with E-state index in [1.165, 1.54) is 11.1 Å². The zero-order valence-corrected chi connectivity index (χ0v) is 13.4. The van der Waals surface area contributed by atoms with Gasteiger partial charge in [-0.1, -0.05) is 35.0 Å². The SMILES string of the molecule is CCCNC(Cc1ccncc1)Cc1ccc(Br)cc1. The zero-order chi connectivity index (χ0) is 14.2. The number of benzene rings is 1. The molecule has 20 heavy (non-hydrogen) atoms. The number of nitrogens with zero attached hydrogens (tertiary/aromatic N) is 1. The summed E-state index contributed by atoms with van der Waals surface area (Å²) in [6.07, 6.45) is 6.99. The van der Waals surface area contributed by atoms with Crippen LogP contribution in [0.2, 0.25) is 0 Å². The Bertz CT molecular complexity index is 496. The second-order valence-electron chi connectivity index (χ2n) is 5.04. The first-order chi connectivity index (χ1) is 9.78.